The Hall–Kier alpha value is -2.50. The molecule has 1 N–H and O–H groups in total. The van der Waals surface area contributed by atoms with Gasteiger partial charge in [-0.3, -0.25) is 29.4 Å². The summed E-state index contributed by atoms with van der Waals surface area (Å²) in [4.78, 5) is 48.8. The summed E-state index contributed by atoms with van der Waals surface area (Å²) < 4.78 is 0. The molecule has 2 heterocycles. The highest BCUT2D eigenvalue weighted by Gasteiger charge is 2.61. The number of carbonyl (C=O) groups is 4. The van der Waals surface area contributed by atoms with Gasteiger partial charge in [0.2, 0.25) is 17.7 Å². The monoisotopic (exact) mass is 298 g/mol. The predicted octanol–water partition coefficient (Wildman–Crippen LogP) is 0.682. The average molecular weight is 298 g/mol. The van der Waals surface area contributed by atoms with E-state index in [2.05, 4.69) is 5.32 Å². The second-order valence-electron chi connectivity index (χ2n) is 6.12. The lowest BCUT2D eigenvalue weighted by Crippen LogP contribution is -2.54. The number of aldehydes is 1. The van der Waals surface area contributed by atoms with Crippen LogP contribution in [0.4, 0.5) is 5.69 Å². The van der Waals surface area contributed by atoms with Crippen LogP contribution in [0.3, 0.4) is 0 Å². The lowest BCUT2D eigenvalue weighted by molar-refractivity contribution is -0.135. The van der Waals surface area contributed by atoms with Crippen molar-refractivity contribution in [2.45, 2.75) is 37.1 Å². The molecule has 1 atom stereocenters. The summed E-state index contributed by atoms with van der Waals surface area (Å²) in [6.07, 6.45) is 2.81. The fraction of sp³-hybridized carbons (Fsp3) is 0.375. The van der Waals surface area contributed by atoms with Crippen LogP contribution in [0.5, 0.6) is 0 Å². The molecule has 0 radical (unpaired) electrons. The summed E-state index contributed by atoms with van der Waals surface area (Å²) in [6, 6.07) is 4.48. The Morgan fingerprint density at radius 3 is 2.64 bits per heavy atom. The molecule has 1 aromatic carbocycles. The fourth-order valence-electron chi connectivity index (χ4n) is 3.52. The number of rotatable bonds is 2. The van der Waals surface area contributed by atoms with Gasteiger partial charge in [0.15, 0.2) is 0 Å². The van der Waals surface area contributed by atoms with Gasteiger partial charge in [0.1, 0.15) is 12.3 Å². The smallest absolute Gasteiger partial charge is 0.249 e. The van der Waals surface area contributed by atoms with Crippen LogP contribution < -0.4 is 10.2 Å². The highest BCUT2D eigenvalue weighted by molar-refractivity contribution is 6.15. The van der Waals surface area contributed by atoms with Crippen molar-refractivity contribution in [2.24, 2.45) is 0 Å². The molecule has 2 fully saturated rings. The zero-order valence-corrected chi connectivity index (χ0v) is 11.8. The third kappa shape index (κ3) is 1.60. The largest absolute Gasteiger partial charge is 0.299 e. The van der Waals surface area contributed by atoms with E-state index >= 15 is 0 Å². The van der Waals surface area contributed by atoms with Gasteiger partial charge in [-0.25, -0.2) is 0 Å². The van der Waals surface area contributed by atoms with Crippen LogP contribution in [0.1, 0.15) is 41.6 Å². The van der Waals surface area contributed by atoms with E-state index < -0.39 is 17.4 Å². The molecule has 22 heavy (non-hydrogen) atoms. The first-order valence-electron chi connectivity index (χ1n) is 7.34. The van der Waals surface area contributed by atoms with Gasteiger partial charge in [0.25, 0.3) is 0 Å². The molecule has 112 valence electrons. The highest BCUT2D eigenvalue weighted by atomic mass is 16.2. The van der Waals surface area contributed by atoms with Crippen molar-refractivity contribution in [3.8, 4) is 0 Å². The number of carbonyl (C=O) groups excluding carboxylic acids is 4. The molecule has 1 aromatic rings. The number of nitrogens with zero attached hydrogens (tertiary/aromatic N) is 1. The van der Waals surface area contributed by atoms with Crippen LogP contribution in [0.25, 0.3) is 0 Å². The Balaban J connectivity index is 1.79. The molecule has 3 aliphatic rings. The zero-order chi connectivity index (χ0) is 15.5. The number of imide groups is 1. The molecule has 1 unspecified atom stereocenters. The van der Waals surface area contributed by atoms with Crippen molar-refractivity contribution >= 4 is 29.7 Å². The number of hydrogen-bond donors (Lipinski definition) is 1. The quantitative estimate of drug-likeness (QED) is 0.643. The van der Waals surface area contributed by atoms with E-state index in [9.17, 15) is 19.2 Å². The first-order chi connectivity index (χ1) is 10.6. The summed E-state index contributed by atoms with van der Waals surface area (Å²) in [7, 11) is 0. The molecule has 1 spiro atoms. The summed E-state index contributed by atoms with van der Waals surface area (Å²) >= 11 is 0. The average Bonchev–Trinajstić information content (AvgIpc) is 3.27. The Labute approximate surface area is 126 Å². The lowest BCUT2D eigenvalue weighted by atomic mass is 9.96. The van der Waals surface area contributed by atoms with Crippen molar-refractivity contribution in [2.75, 3.05) is 4.90 Å². The summed E-state index contributed by atoms with van der Waals surface area (Å²) in [5.74, 6) is -0.807. The van der Waals surface area contributed by atoms with Crippen molar-refractivity contribution in [3.63, 3.8) is 0 Å². The maximum Gasteiger partial charge on any atom is 0.249 e. The van der Waals surface area contributed by atoms with Gasteiger partial charge in [-0.1, -0.05) is 0 Å². The minimum absolute atomic E-state index is 0.0833. The predicted molar refractivity (Wildman–Crippen MR) is 76.4 cm³/mol. The molecular weight excluding hydrogens is 284 g/mol. The molecule has 1 aliphatic carbocycles. The van der Waals surface area contributed by atoms with Crippen LogP contribution in [0.15, 0.2) is 18.2 Å². The number of benzene rings is 1. The third-order valence-electron chi connectivity index (χ3n) is 4.83. The maximum atomic E-state index is 12.8. The molecule has 4 rings (SSSR count). The van der Waals surface area contributed by atoms with E-state index in [-0.39, 0.29) is 18.2 Å². The zero-order valence-electron chi connectivity index (χ0n) is 11.8. The van der Waals surface area contributed by atoms with Gasteiger partial charge >= 0.3 is 0 Å². The van der Waals surface area contributed by atoms with E-state index in [1.54, 1.807) is 18.2 Å². The van der Waals surface area contributed by atoms with E-state index in [0.717, 1.165) is 24.7 Å². The van der Waals surface area contributed by atoms with Gasteiger partial charge < -0.3 is 0 Å². The van der Waals surface area contributed by atoms with Gasteiger partial charge in [-0.05, 0) is 43.0 Å². The molecule has 6 heteroatoms. The Morgan fingerprint density at radius 1 is 1.23 bits per heavy atom. The summed E-state index contributed by atoms with van der Waals surface area (Å²) in [5, 5.41) is 2.30. The minimum Gasteiger partial charge on any atom is -0.299 e. The van der Waals surface area contributed by atoms with E-state index in [4.69, 9.17) is 0 Å². The molecule has 6 nitrogen and oxygen atoms in total. The number of anilines is 1. The molecule has 2 aliphatic heterocycles. The third-order valence-corrected chi connectivity index (χ3v) is 4.83. The van der Waals surface area contributed by atoms with Gasteiger partial charge in [0, 0.05) is 17.7 Å². The number of fused-ring (bicyclic) bond motifs is 2. The second-order valence-corrected chi connectivity index (χ2v) is 6.12. The summed E-state index contributed by atoms with van der Waals surface area (Å²) in [5.41, 5.74) is 1.51. The van der Waals surface area contributed by atoms with Crippen molar-refractivity contribution in [1.29, 1.82) is 0 Å². The van der Waals surface area contributed by atoms with Crippen LogP contribution >= 0.6 is 0 Å². The first-order valence-corrected chi connectivity index (χ1v) is 7.34. The Bertz CT molecular complexity index is 736. The van der Waals surface area contributed by atoms with Crippen LogP contribution in [0, 0.1) is 0 Å². The Morgan fingerprint density at radius 2 is 2.00 bits per heavy atom. The number of nitrogens with one attached hydrogen (secondary N) is 1. The Kier molecular flexibility index (Phi) is 2.55. The fourth-order valence-corrected chi connectivity index (χ4v) is 3.52. The van der Waals surface area contributed by atoms with Crippen molar-refractivity contribution in [3.05, 3.63) is 29.3 Å². The van der Waals surface area contributed by atoms with Crippen LogP contribution in [-0.2, 0) is 19.8 Å². The molecule has 1 saturated carbocycles. The number of amides is 3. The van der Waals surface area contributed by atoms with Crippen molar-refractivity contribution < 1.29 is 19.2 Å². The normalized spacial score (nSPS) is 25.2. The second kappa shape index (κ2) is 4.25. The summed E-state index contributed by atoms with van der Waals surface area (Å²) in [6.45, 7) is 0. The van der Waals surface area contributed by atoms with E-state index in [0.29, 0.717) is 17.7 Å². The van der Waals surface area contributed by atoms with Gasteiger partial charge in [-0.15, -0.1) is 0 Å². The number of piperidine rings is 1. The maximum absolute atomic E-state index is 12.8. The standard InChI is InChI=1S/C16H14N2O4/c19-8-9-1-2-11-10(7-9)16(5-6-16)15(22)18(11)12-3-4-13(20)17-14(12)21/h1-2,7-8,12H,3-6H2,(H,17,20,21). The minimum atomic E-state index is -0.647. The van der Waals surface area contributed by atoms with E-state index in [1.807, 2.05) is 0 Å². The molecular formula is C16H14N2O4. The lowest BCUT2D eigenvalue weighted by Gasteiger charge is -2.30. The topological polar surface area (TPSA) is 83.6 Å². The van der Waals surface area contributed by atoms with Crippen LogP contribution in [0.2, 0.25) is 0 Å². The van der Waals surface area contributed by atoms with Gasteiger partial charge in [-0.2, -0.15) is 0 Å². The molecule has 0 aromatic heterocycles. The van der Waals surface area contributed by atoms with Gasteiger partial charge in [0.05, 0.1) is 5.41 Å². The SMILES string of the molecule is O=Cc1ccc2c(c1)C1(CC1)C(=O)N2C1CCC(=O)NC1=O. The van der Waals surface area contributed by atoms with Crippen LogP contribution in [-0.4, -0.2) is 30.0 Å². The molecule has 0 bridgehead atoms. The molecule has 1 saturated heterocycles. The van der Waals surface area contributed by atoms with Crippen molar-refractivity contribution in [1.82, 2.24) is 5.32 Å². The van der Waals surface area contributed by atoms with E-state index in [1.165, 1.54) is 4.90 Å². The first kappa shape index (κ1) is 13.2. The molecule has 3 amide bonds. The highest BCUT2D eigenvalue weighted by Crippen LogP contribution is 2.58. The number of hydrogen-bond acceptors (Lipinski definition) is 4.